The van der Waals surface area contributed by atoms with E-state index in [0.717, 1.165) is 15.6 Å². The predicted molar refractivity (Wildman–Crippen MR) is 86.1 cm³/mol. The second kappa shape index (κ2) is 6.90. The summed E-state index contributed by atoms with van der Waals surface area (Å²) in [6.07, 6.45) is 0.667. The average molecular weight is 377 g/mol. The van der Waals surface area contributed by atoms with Crippen molar-refractivity contribution in [2.45, 2.75) is 12.5 Å². The summed E-state index contributed by atoms with van der Waals surface area (Å²) in [5, 5.41) is 4.32. The summed E-state index contributed by atoms with van der Waals surface area (Å²) in [4.78, 5) is 0. The third-order valence-electron chi connectivity index (χ3n) is 3.14. The molecular weight excluding hydrogens is 364 g/mol. The first kappa shape index (κ1) is 15.8. The van der Waals surface area contributed by atoms with Gasteiger partial charge in [-0.3, -0.25) is 0 Å². The van der Waals surface area contributed by atoms with Crippen molar-refractivity contribution in [3.8, 4) is 0 Å². The topological polar surface area (TPSA) is 12.0 Å². The lowest BCUT2D eigenvalue weighted by atomic mass is 9.99. The lowest BCUT2D eigenvalue weighted by Gasteiger charge is -2.19. The van der Waals surface area contributed by atoms with Gasteiger partial charge in [0.05, 0.1) is 10.0 Å². The monoisotopic (exact) mass is 375 g/mol. The fraction of sp³-hybridized carbons (Fsp3) is 0.200. The zero-order valence-corrected chi connectivity index (χ0v) is 13.9. The number of halogens is 4. The van der Waals surface area contributed by atoms with Crippen LogP contribution in [0, 0.1) is 5.82 Å². The second-order valence-corrected chi connectivity index (χ2v) is 6.06. The average Bonchev–Trinajstić information content (AvgIpc) is 2.41. The molecule has 0 aliphatic rings. The van der Waals surface area contributed by atoms with E-state index >= 15 is 0 Å². The zero-order chi connectivity index (χ0) is 14.7. The third-order valence-corrected chi connectivity index (χ3v) is 4.69. The Kier molecular flexibility index (Phi) is 5.44. The number of rotatable bonds is 4. The van der Waals surface area contributed by atoms with E-state index in [4.69, 9.17) is 23.2 Å². The molecule has 1 N–H and O–H groups in total. The van der Waals surface area contributed by atoms with E-state index in [0.29, 0.717) is 16.5 Å². The Morgan fingerprint density at radius 1 is 1.25 bits per heavy atom. The largest absolute Gasteiger partial charge is 0.313 e. The van der Waals surface area contributed by atoms with Crippen molar-refractivity contribution in [1.29, 1.82) is 0 Å². The van der Waals surface area contributed by atoms with Crippen LogP contribution in [-0.4, -0.2) is 7.05 Å². The minimum atomic E-state index is -0.267. The molecule has 0 heterocycles. The summed E-state index contributed by atoms with van der Waals surface area (Å²) in [5.41, 5.74) is 1.93. The molecule has 2 aromatic rings. The van der Waals surface area contributed by atoms with Gasteiger partial charge in [-0.25, -0.2) is 4.39 Å². The summed E-state index contributed by atoms with van der Waals surface area (Å²) in [5.74, 6) is -0.267. The molecule has 0 saturated heterocycles. The van der Waals surface area contributed by atoms with Crippen molar-refractivity contribution in [2.24, 2.45) is 0 Å². The van der Waals surface area contributed by atoms with Crippen LogP contribution in [0.5, 0.6) is 0 Å². The van der Waals surface area contributed by atoms with Crippen molar-refractivity contribution in [3.63, 3.8) is 0 Å². The molecule has 0 aliphatic carbocycles. The first-order valence-electron chi connectivity index (χ1n) is 6.08. The van der Waals surface area contributed by atoms with Gasteiger partial charge in [0.2, 0.25) is 0 Å². The van der Waals surface area contributed by atoms with E-state index in [9.17, 15) is 4.39 Å². The quantitative estimate of drug-likeness (QED) is 0.753. The highest BCUT2D eigenvalue weighted by molar-refractivity contribution is 9.10. The van der Waals surface area contributed by atoms with E-state index < -0.39 is 0 Å². The van der Waals surface area contributed by atoms with E-state index in [-0.39, 0.29) is 11.9 Å². The van der Waals surface area contributed by atoms with Crippen LogP contribution in [0.15, 0.2) is 40.9 Å². The van der Waals surface area contributed by atoms with Crippen molar-refractivity contribution >= 4 is 39.1 Å². The lowest BCUT2D eigenvalue weighted by molar-refractivity contribution is 0.583. The Bertz CT molecular complexity index is 619. The summed E-state index contributed by atoms with van der Waals surface area (Å²) >= 11 is 15.6. The number of nitrogens with one attached hydrogen (secondary N) is 1. The highest BCUT2D eigenvalue weighted by Gasteiger charge is 2.16. The van der Waals surface area contributed by atoms with Crippen LogP contribution in [0.1, 0.15) is 17.2 Å². The number of likely N-dealkylation sites (N-methyl/N-ethyl adjacent to an activating group) is 1. The molecule has 0 amide bonds. The van der Waals surface area contributed by atoms with Crippen LogP contribution in [0.2, 0.25) is 10.0 Å². The van der Waals surface area contributed by atoms with Crippen molar-refractivity contribution in [1.82, 2.24) is 5.32 Å². The predicted octanol–water partition coefficient (Wildman–Crippen LogP) is 5.40. The smallest absolute Gasteiger partial charge is 0.124 e. The molecule has 1 unspecified atom stereocenters. The van der Waals surface area contributed by atoms with Crippen LogP contribution < -0.4 is 5.32 Å². The van der Waals surface area contributed by atoms with E-state index in [2.05, 4.69) is 21.2 Å². The minimum absolute atomic E-state index is 0.0148. The van der Waals surface area contributed by atoms with Crippen molar-refractivity contribution in [2.75, 3.05) is 7.05 Å². The molecule has 1 atom stereocenters. The highest BCUT2D eigenvalue weighted by Crippen LogP contribution is 2.31. The Morgan fingerprint density at radius 3 is 2.65 bits per heavy atom. The van der Waals surface area contributed by atoms with Crippen LogP contribution >= 0.6 is 39.1 Å². The molecule has 2 aromatic carbocycles. The molecule has 5 heteroatoms. The molecule has 1 nitrogen and oxygen atoms in total. The van der Waals surface area contributed by atoms with Gasteiger partial charge in [0.1, 0.15) is 5.82 Å². The van der Waals surface area contributed by atoms with Gasteiger partial charge in [-0.1, -0.05) is 57.3 Å². The Labute approximate surface area is 136 Å². The molecule has 0 spiro atoms. The first-order valence-corrected chi connectivity index (χ1v) is 7.63. The fourth-order valence-electron chi connectivity index (χ4n) is 2.08. The van der Waals surface area contributed by atoms with Gasteiger partial charge in [-0.15, -0.1) is 0 Å². The van der Waals surface area contributed by atoms with Gasteiger partial charge in [0, 0.05) is 10.5 Å². The van der Waals surface area contributed by atoms with Crippen LogP contribution in [0.4, 0.5) is 4.39 Å². The minimum Gasteiger partial charge on any atom is -0.313 e. The highest BCUT2D eigenvalue weighted by atomic mass is 79.9. The Balaban J connectivity index is 2.31. The van der Waals surface area contributed by atoms with Crippen LogP contribution in [0.3, 0.4) is 0 Å². The van der Waals surface area contributed by atoms with Gasteiger partial charge in [-0.05, 0) is 42.8 Å². The summed E-state index contributed by atoms with van der Waals surface area (Å²) in [6.45, 7) is 0. The zero-order valence-electron chi connectivity index (χ0n) is 10.8. The maximum atomic E-state index is 13.2. The van der Waals surface area contributed by atoms with Crippen molar-refractivity contribution in [3.05, 3.63) is 67.9 Å². The van der Waals surface area contributed by atoms with Gasteiger partial charge in [-0.2, -0.15) is 0 Å². The Hall–Kier alpha value is -0.610. The molecule has 0 aliphatic heterocycles. The molecule has 0 fully saturated rings. The molecule has 0 aromatic heterocycles. The molecule has 0 bridgehead atoms. The fourth-order valence-corrected chi connectivity index (χ4v) is 3.10. The first-order chi connectivity index (χ1) is 9.52. The summed E-state index contributed by atoms with van der Waals surface area (Å²) in [6, 6.07) is 10.3. The van der Waals surface area contributed by atoms with E-state index in [1.54, 1.807) is 12.1 Å². The number of benzene rings is 2. The summed E-state index contributed by atoms with van der Waals surface area (Å²) < 4.78 is 13.9. The van der Waals surface area contributed by atoms with E-state index in [1.807, 2.05) is 19.2 Å². The molecule has 0 saturated carbocycles. The third kappa shape index (κ3) is 3.53. The number of hydrogen-bond donors (Lipinski definition) is 1. The molecule has 0 radical (unpaired) electrons. The molecule has 20 heavy (non-hydrogen) atoms. The van der Waals surface area contributed by atoms with Gasteiger partial charge >= 0.3 is 0 Å². The lowest BCUT2D eigenvalue weighted by Crippen LogP contribution is -2.19. The number of hydrogen-bond acceptors (Lipinski definition) is 1. The summed E-state index contributed by atoms with van der Waals surface area (Å²) in [7, 11) is 1.86. The maximum absolute atomic E-state index is 13.2. The van der Waals surface area contributed by atoms with Crippen LogP contribution in [-0.2, 0) is 6.42 Å². The SMILES string of the molecule is CNC(Cc1cccc(Cl)c1Cl)c1ccc(F)cc1Br. The molecule has 106 valence electrons. The van der Waals surface area contributed by atoms with Gasteiger partial charge in [0.15, 0.2) is 0 Å². The second-order valence-electron chi connectivity index (χ2n) is 4.42. The van der Waals surface area contributed by atoms with Crippen LogP contribution in [0.25, 0.3) is 0 Å². The van der Waals surface area contributed by atoms with E-state index in [1.165, 1.54) is 12.1 Å². The molecular formula is C15H13BrCl2FN. The van der Waals surface area contributed by atoms with Gasteiger partial charge < -0.3 is 5.32 Å². The Morgan fingerprint density at radius 2 is 2.00 bits per heavy atom. The maximum Gasteiger partial charge on any atom is 0.124 e. The van der Waals surface area contributed by atoms with Gasteiger partial charge in [0.25, 0.3) is 0 Å². The standard InChI is InChI=1S/C15H13BrCl2FN/c1-20-14(11-6-5-10(19)8-12(11)16)7-9-3-2-4-13(17)15(9)18/h2-6,8,14,20H,7H2,1H3. The molecule has 2 rings (SSSR count). The normalized spacial score (nSPS) is 12.4. The van der Waals surface area contributed by atoms with Crippen molar-refractivity contribution < 1.29 is 4.39 Å².